The monoisotopic (exact) mass is 425 g/mol. The Kier molecular flexibility index (Phi) is 4.54. The highest BCUT2D eigenvalue weighted by Gasteiger charge is 2.18. The highest BCUT2D eigenvalue weighted by Crippen LogP contribution is 2.35. The lowest BCUT2D eigenvalue weighted by molar-refractivity contribution is 0.460. The molecule has 0 saturated carbocycles. The largest absolute Gasteiger partial charge is 0.353 e. The molecule has 0 atom stereocenters. The molecule has 5 nitrogen and oxygen atoms in total. The maximum atomic E-state index is 14.1. The molecule has 3 N–H and O–H groups in total. The van der Waals surface area contributed by atoms with Crippen molar-refractivity contribution < 1.29 is 4.39 Å². The number of aromatic amines is 2. The van der Waals surface area contributed by atoms with Crippen LogP contribution in [-0.2, 0) is 0 Å². The molecular weight excluding hydrogens is 401 g/mol. The first-order valence-electron chi connectivity index (χ1n) is 11.1. The Balaban J connectivity index is 1.47. The van der Waals surface area contributed by atoms with Gasteiger partial charge in [0.25, 0.3) is 0 Å². The quantitative estimate of drug-likeness (QED) is 0.348. The Hall–Kier alpha value is -3.51. The van der Waals surface area contributed by atoms with E-state index < -0.39 is 0 Å². The summed E-state index contributed by atoms with van der Waals surface area (Å²) in [5.74, 6) is 0.330. The Labute approximate surface area is 185 Å². The lowest BCUT2D eigenvalue weighted by atomic mass is 9.89. The van der Waals surface area contributed by atoms with Gasteiger partial charge in [-0.2, -0.15) is 5.10 Å². The molecule has 1 fully saturated rings. The maximum absolute atomic E-state index is 14.1. The first-order valence-corrected chi connectivity index (χ1v) is 11.1. The van der Waals surface area contributed by atoms with E-state index in [1.54, 1.807) is 6.20 Å². The Bertz CT molecular complexity index is 1420. The fourth-order valence-electron chi connectivity index (χ4n) is 4.93. The number of aryl methyl sites for hydroxylation is 1. The zero-order chi connectivity index (χ0) is 21.7. The van der Waals surface area contributed by atoms with Gasteiger partial charge in [0.1, 0.15) is 11.5 Å². The third-order valence-corrected chi connectivity index (χ3v) is 6.52. The van der Waals surface area contributed by atoms with Crippen molar-refractivity contribution in [3.63, 3.8) is 0 Å². The fraction of sp³-hybridized carbons (Fsp3) is 0.231. The number of nitrogens with one attached hydrogen (secondary N) is 3. The van der Waals surface area contributed by atoms with Crippen LogP contribution < -0.4 is 5.32 Å². The minimum atomic E-state index is -0.252. The molecule has 0 aliphatic carbocycles. The standard InChI is InChI=1S/C26H24FN5/c1-15-10-18(12-19(27)11-15)25-21-14-24(30-22(21)6-9-29-25)26-20-13-17(2-3-23(20)31-32-26)16-4-7-28-8-5-16/h2-3,6,9-14,16,28,30H,4-5,7-8H2,1H3,(H,31,32). The van der Waals surface area contributed by atoms with Gasteiger partial charge in [-0.3, -0.25) is 10.1 Å². The van der Waals surface area contributed by atoms with E-state index in [0.29, 0.717) is 5.92 Å². The first-order chi connectivity index (χ1) is 15.7. The number of nitrogens with zero attached hydrogens (tertiary/aromatic N) is 2. The predicted octanol–water partition coefficient (Wildman–Crippen LogP) is 5.69. The zero-order valence-corrected chi connectivity index (χ0v) is 17.9. The molecule has 5 aromatic rings. The highest BCUT2D eigenvalue weighted by molar-refractivity contribution is 6.00. The Morgan fingerprint density at radius 3 is 2.59 bits per heavy atom. The normalized spacial score (nSPS) is 15.1. The highest BCUT2D eigenvalue weighted by atomic mass is 19.1. The molecule has 160 valence electrons. The molecule has 1 aliphatic heterocycles. The summed E-state index contributed by atoms with van der Waals surface area (Å²) >= 11 is 0. The third-order valence-electron chi connectivity index (χ3n) is 6.52. The average molecular weight is 426 g/mol. The average Bonchev–Trinajstić information content (AvgIpc) is 3.42. The molecular formula is C26H24FN5. The van der Waals surface area contributed by atoms with Crippen molar-refractivity contribution >= 4 is 21.8 Å². The van der Waals surface area contributed by atoms with Crippen molar-refractivity contribution in [2.75, 3.05) is 13.1 Å². The van der Waals surface area contributed by atoms with E-state index in [0.717, 1.165) is 75.9 Å². The maximum Gasteiger partial charge on any atom is 0.124 e. The van der Waals surface area contributed by atoms with Gasteiger partial charge in [0, 0.05) is 28.0 Å². The van der Waals surface area contributed by atoms with Crippen molar-refractivity contribution in [2.45, 2.75) is 25.7 Å². The number of fused-ring (bicyclic) bond motifs is 2. The minimum Gasteiger partial charge on any atom is -0.353 e. The molecule has 6 heteroatoms. The van der Waals surface area contributed by atoms with Crippen LogP contribution in [0.5, 0.6) is 0 Å². The van der Waals surface area contributed by atoms with Gasteiger partial charge in [0.2, 0.25) is 0 Å². The number of pyridine rings is 1. The molecule has 4 heterocycles. The van der Waals surface area contributed by atoms with E-state index in [-0.39, 0.29) is 5.82 Å². The second-order valence-corrected chi connectivity index (χ2v) is 8.72. The van der Waals surface area contributed by atoms with Gasteiger partial charge in [-0.25, -0.2) is 4.39 Å². The Morgan fingerprint density at radius 2 is 1.75 bits per heavy atom. The minimum absolute atomic E-state index is 0.252. The summed E-state index contributed by atoms with van der Waals surface area (Å²) in [4.78, 5) is 8.07. The van der Waals surface area contributed by atoms with Crippen molar-refractivity contribution in [1.82, 2.24) is 25.5 Å². The lowest BCUT2D eigenvalue weighted by Crippen LogP contribution is -2.26. The number of piperidine rings is 1. The van der Waals surface area contributed by atoms with E-state index in [2.05, 4.69) is 49.7 Å². The number of aromatic nitrogens is 4. The summed E-state index contributed by atoms with van der Waals surface area (Å²) < 4.78 is 14.1. The van der Waals surface area contributed by atoms with Crippen molar-refractivity contribution in [3.8, 4) is 22.6 Å². The lowest BCUT2D eigenvalue weighted by Gasteiger charge is -2.23. The molecule has 0 unspecified atom stereocenters. The van der Waals surface area contributed by atoms with Crippen LogP contribution >= 0.6 is 0 Å². The molecule has 0 spiro atoms. The number of H-pyrrole nitrogens is 2. The zero-order valence-electron chi connectivity index (χ0n) is 17.9. The fourth-order valence-corrected chi connectivity index (χ4v) is 4.93. The molecule has 32 heavy (non-hydrogen) atoms. The van der Waals surface area contributed by atoms with Crippen LogP contribution in [-0.4, -0.2) is 33.3 Å². The summed E-state index contributed by atoms with van der Waals surface area (Å²) in [7, 11) is 0. The van der Waals surface area contributed by atoms with Gasteiger partial charge in [-0.15, -0.1) is 0 Å². The molecule has 6 rings (SSSR count). The van der Waals surface area contributed by atoms with Gasteiger partial charge in [-0.05, 0) is 92.4 Å². The van der Waals surface area contributed by atoms with Crippen molar-refractivity contribution in [2.24, 2.45) is 0 Å². The van der Waals surface area contributed by atoms with E-state index in [4.69, 9.17) is 0 Å². The number of hydrogen-bond acceptors (Lipinski definition) is 3. The summed E-state index contributed by atoms with van der Waals surface area (Å²) in [6.07, 6.45) is 4.08. The van der Waals surface area contributed by atoms with Gasteiger partial charge in [0.05, 0.1) is 16.9 Å². The van der Waals surface area contributed by atoms with Gasteiger partial charge in [0.15, 0.2) is 0 Å². The smallest absolute Gasteiger partial charge is 0.124 e. The van der Waals surface area contributed by atoms with Crippen LogP contribution in [0.3, 0.4) is 0 Å². The molecule has 2 aromatic carbocycles. The van der Waals surface area contributed by atoms with E-state index in [9.17, 15) is 4.39 Å². The number of halogens is 1. The molecule has 0 bridgehead atoms. The Morgan fingerprint density at radius 1 is 0.906 bits per heavy atom. The SMILES string of the molecule is Cc1cc(F)cc(-c2nccc3[nH]c(-c4n[nH]c5ccc(C6CCNCC6)cc45)cc23)c1. The number of benzene rings is 2. The van der Waals surface area contributed by atoms with Crippen LogP contribution in [0.4, 0.5) is 4.39 Å². The first kappa shape index (κ1) is 19.2. The summed E-state index contributed by atoms with van der Waals surface area (Å²) in [5, 5.41) is 13.3. The van der Waals surface area contributed by atoms with Crippen LogP contribution in [0, 0.1) is 12.7 Å². The molecule has 3 aromatic heterocycles. The van der Waals surface area contributed by atoms with Crippen LogP contribution in [0.15, 0.2) is 54.7 Å². The second kappa shape index (κ2) is 7.57. The number of rotatable bonds is 3. The summed E-state index contributed by atoms with van der Waals surface area (Å²) in [5.41, 5.74) is 7.59. The summed E-state index contributed by atoms with van der Waals surface area (Å²) in [6.45, 7) is 4.03. The third kappa shape index (κ3) is 3.28. The molecule has 1 aliphatic rings. The van der Waals surface area contributed by atoms with Crippen molar-refractivity contribution in [1.29, 1.82) is 0 Å². The van der Waals surface area contributed by atoms with E-state index >= 15 is 0 Å². The van der Waals surface area contributed by atoms with Gasteiger partial charge in [-0.1, -0.05) is 6.07 Å². The van der Waals surface area contributed by atoms with Gasteiger partial charge < -0.3 is 10.3 Å². The van der Waals surface area contributed by atoms with Gasteiger partial charge >= 0.3 is 0 Å². The second-order valence-electron chi connectivity index (χ2n) is 8.72. The van der Waals surface area contributed by atoms with E-state index in [1.165, 1.54) is 17.7 Å². The molecule has 0 amide bonds. The van der Waals surface area contributed by atoms with E-state index in [1.807, 2.05) is 19.1 Å². The van der Waals surface area contributed by atoms with Crippen LogP contribution in [0.25, 0.3) is 44.5 Å². The molecule has 1 saturated heterocycles. The number of hydrogen-bond donors (Lipinski definition) is 3. The molecule has 0 radical (unpaired) electrons. The van der Waals surface area contributed by atoms with Crippen LogP contribution in [0.1, 0.15) is 29.9 Å². The topological polar surface area (TPSA) is 69.4 Å². The van der Waals surface area contributed by atoms with Crippen LogP contribution in [0.2, 0.25) is 0 Å². The van der Waals surface area contributed by atoms with Crippen molar-refractivity contribution in [3.05, 3.63) is 71.7 Å². The predicted molar refractivity (Wildman–Crippen MR) is 126 cm³/mol. The summed E-state index contributed by atoms with van der Waals surface area (Å²) in [6, 6.07) is 15.7.